The van der Waals surface area contributed by atoms with Crippen LogP contribution in [0.1, 0.15) is 44.1 Å². The predicted octanol–water partition coefficient (Wildman–Crippen LogP) is 2.49. The first-order valence-corrected chi connectivity index (χ1v) is 9.22. The van der Waals surface area contributed by atoms with Crippen molar-refractivity contribution in [1.29, 1.82) is 0 Å². The zero-order valence-electron chi connectivity index (χ0n) is 11.4. The van der Waals surface area contributed by atoms with Gasteiger partial charge in [-0.25, -0.2) is 8.42 Å². The first-order chi connectivity index (χ1) is 9.64. The minimum absolute atomic E-state index is 0.160. The smallest absolute Gasteiger partial charge is 0.260 e. The van der Waals surface area contributed by atoms with E-state index < -0.39 is 10.0 Å². The molecule has 2 aliphatic rings. The summed E-state index contributed by atoms with van der Waals surface area (Å²) < 4.78 is 27.5. The van der Waals surface area contributed by atoms with E-state index in [0.29, 0.717) is 18.0 Å². The van der Waals surface area contributed by atoms with Crippen LogP contribution in [0.15, 0.2) is 11.2 Å². The molecule has 1 aliphatic carbocycles. The van der Waals surface area contributed by atoms with Crippen LogP contribution < -0.4 is 0 Å². The summed E-state index contributed by atoms with van der Waals surface area (Å²) in [7, 11) is -3.50. The first kappa shape index (κ1) is 14.4. The van der Waals surface area contributed by atoms with Gasteiger partial charge in [-0.05, 0) is 31.6 Å². The third-order valence-corrected chi connectivity index (χ3v) is 6.81. The van der Waals surface area contributed by atoms with Crippen LogP contribution in [-0.4, -0.2) is 35.5 Å². The van der Waals surface area contributed by atoms with Gasteiger partial charge >= 0.3 is 0 Å². The largest absolute Gasteiger partial charge is 0.266 e. The summed E-state index contributed by atoms with van der Waals surface area (Å²) in [4.78, 5) is 0. The number of hydrogen-bond donors (Lipinski definition) is 1. The van der Waals surface area contributed by atoms with E-state index in [2.05, 4.69) is 10.2 Å². The van der Waals surface area contributed by atoms with Gasteiger partial charge in [-0.3, -0.25) is 5.10 Å². The van der Waals surface area contributed by atoms with Crippen LogP contribution in [0.2, 0.25) is 0 Å². The molecule has 1 saturated carbocycles. The van der Waals surface area contributed by atoms with E-state index in [9.17, 15) is 8.42 Å². The Morgan fingerprint density at radius 3 is 2.85 bits per heavy atom. The molecule has 5 nitrogen and oxygen atoms in total. The fourth-order valence-electron chi connectivity index (χ4n) is 3.61. The summed E-state index contributed by atoms with van der Waals surface area (Å²) >= 11 is 5.81. The van der Waals surface area contributed by atoms with Crippen molar-refractivity contribution in [3.63, 3.8) is 0 Å². The van der Waals surface area contributed by atoms with E-state index in [1.165, 1.54) is 12.6 Å². The number of piperidine rings is 1. The van der Waals surface area contributed by atoms with Gasteiger partial charge in [-0.2, -0.15) is 9.40 Å². The molecule has 3 rings (SSSR count). The molecule has 2 atom stereocenters. The Hall–Kier alpha value is -0.590. The minimum Gasteiger partial charge on any atom is -0.266 e. The van der Waals surface area contributed by atoms with Crippen LogP contribution in [0.5, 0.6) is 0 Å². The van der Waals surface area contributed by atoms with Gasteiger partial charge in [-0.1, -0.05) is 12.8 Å². The van der Waals surface area contributed by atoms with Gasteiger partial charge in [0.15, 0.2) is 5.03 Å². The van der Waals surface area contributed by atoms with E-state index in [-0.39, 0.29) is 16.9 Å². The molecule has 7 heteroatoms. The molecule has 0 radical (unpaired) electrons. The van der Waals surface area contributed by atoms with Crippen LogP contribution in [0.4, 0.5) is 0 Å². The van der Waals surface area contributed by atoms with Crippen molar-refractivity contribution < 1.29 is 8.42 Å². The molecule has 20 heavy (non-hydrogen) atoms. The molecule has 0 spiro atoms. The van der Waals surface area contributed by atoms with Gasteiger partial charge in [0.1, 0.15) is 0 Å². The lowest BCUT2D eigenvalue weighted by atomic mass is 9.79. The Morgan fingerprint density at radius 2 is 2.05 bits per heavy atom. The Labute approximate surface area is 124 Å². The quantitative estimate of drug-likeness (QED) is 0.871. The highest BCUT2D eigenvalue weighted by Crippen LogP contribution is 2.38. The van der Waals surface area contributed by atoms with Gasteiger partial charge in [0.2, 0.25) is 0 Å². The van der Waals surface area contributed by atoms with Crippen molar-refractivity contribution >= 4 is 21.6 Å². The first-order valence-electron chi connectivity index (χ1n) is 7.24. The Bertz CT molecular complexity index is 570. The average Bonchev–Trinajstić information content (AvgIpc) is 2.96. The second-order valence-corrected chi connectivity index (χ2v) is 7.82. The summed E-state index contributed by atoms with van der Waals surface area (Å²) in [5, 5.41) is 6.65. The van der Waals surface area contributed by atoms with Gasteiger partial charge in [0, 0.05) is 18.2 Å². The SMILES string of the molecule is O=S(=O)(c1[nH]ncc1CCl)N1CCC[C@H]2CCCC[C@H]21. The summed E-state index contributed by atoms with van der Waals surface area (Å²) in [6, 6.07) is 0.161. The molecule has 1 saturated heterocycles. The zero-order valence-corrected chi connectivity index (χ0v) is 13.0. The summed E-state index contributed by atoms with van der Waals surface area (Å²) in [5.41, 5.74) is 0.560. The van der Waals surface area contributed by atoms with E-state index in [4.69, 9.17) is 11.6 Å². The second kappa shape index (κ2) is 5.66. The van der Waals surface area contributed by atoms with Gasteiger partial charge in [0.05, 0.1) is 12.1 Å². The lowest BCUT2D eigenvalue weighted by molar-refractivity contribution is 0.129. The number of halogens is 1. The lowest BCUT2D eigenvalue weighted by Gasteiger charge is -2.42. The van der Waals surface area contributed by atoms with Gasteiger partial charge in [0.25, 0.3) is 10.0 Å². The molecular weight excluding hydrogens is 298 g/mol. The number of H-pyrrole nitrogens is 1. The molecule has 112 valence electrons. The summed E-state index contributed by atoms with van der Waals surface area (Å²) in [6.45, 7) is 0.615. The van der Waals surface area contributed by atoms with Crippen molar-refractivity contribution in [2.24, 2.45) is 5.92 Å². The van der Waals surface area contributed by atoms with Crippen LogP contribution in [0, 0.1) is 5.92 Å². The standard InChI is InChI=1S/C13H20ClN3O2S/c14-8-11-9-15-16-13(11)20(18,19)17-7-3-5-10-4-1-2-6-12(10)17/h9-10,12H,1-8H2,(H,15,16)/t10-,12-/m1/s1. The number of sulfonamides is 1. The third kappa shape index (κ3) is 2.38. The number of fused-ring (bicyclic) bond motifs is 1. The third-order valence-electron chi connectivity index (χ3n) is 4.58. The number of aromatic amines is 1. The number of alkyl halides is 1. The number of aromatic nitrogens is 2. The van der Waals surface area contributed by atoms with Gasteiger partial charge in [-0.15, -0.1) is 11.6 Å². The summed E-state index contributed by atoms with van der Waals surface area (Å²) in [5.74, 6) is 0.683. The number of nitrogens with one attached hydrogen (secondary N) is 1. The molecule has 2 fully saturated rings. The van der Waals surface area contributed by atoms with Crippen LogP contribution in [0.25, 0.3) is 0 Å². The Balaban J connectivity index is 1.93. The molecular formula is C13H20ClN3O2S. The van der Waals surface area contributed by atoms with E-state index in [0.717, 1.165) is 32.1 Å². The lowest BCUT2D eigenvalue weighted by Crippen LogP contribution is -2.49. The highest BCUT2D eigenvalue weighted by atomic mass is 35.5. The highest BCUT2D eigenvalue weighted by Gasteiger charge is 2.41. The maximum atomic E-state index is 12.9. The second-order valence-electron chi connectivity index (χ2n) is 5.73. The van der Waals surface area contributed by atoms with E-state index in [1.54, 1.807) is 4.31 Å². The normalized spacial score (nSPS) is 28.2. The maximum Gasteiger partial charge on any atom is 0.260 e. The molecule has 1 aromatic rings. The van der Waals surface area contributed by atoms with Gasteiger partial charge < -0.3 is 0 Å². The molecule has 1 N–H and O–H groups in total. The van der Waals surface area contributed by atoms with Crippen molar-refractivity contribution in [1.82, 2.24) is 14.5 Å². The Kier molecular flexibility index (Phi) is 4.06. The van der Waals surface area contributed by atoms with E-state index in [1.807, 2.05) is 0 Å². The van der Waals surface area contributed by atoms with Crippen LogP contribution in [-0.2, 0) is 15.9 Å². The van der Waals surface area contributed by atoms with Crippen LogP contribution in [0.3, 0.4) is 0 Å². The maximum absolute atomic E-state index is 12.9. The van der Waals surface area contributed by atoms with Crippen LogP contribution >= 0.6 is 11.6 Å². The van der Waals surface area contributed by atoms with Crippen molar-refractivity contribution in [2.45, 2.75) is 55.5 Å². The average molecular weight is 318 g/mol. The minimum atomic E-state index is -3.50. The topological polar surface area (TPSA) is 66.1 Å². The molecule has 1 aromatic heterocycles. The van der Waals surface area contributed by atoms with Crippen molar-refractivity contribution in [3.05, 3.63) is 11.8 Å². The highest BCUT2D eigenvalue weighted by molar-refractivity contribution is 7.89. The molecule has 1 aliphatic heterocycles. The molecule has 0 aromatic carbocycles. The predicted molar refractivity (Wildman–Crippen MR) is 77.0 cm³/mol. The fraction of sp³-hybridized carbons (Fsp3) is 0.769. The van der Waals surface area contributed by atoms with Crippen molar-refractivity contribution in [2.75, 3.05) is 6.54 Å². The molecule has 0 amide bonds. The van der Waals surface area contributed by atoms with Crippen molar-refractivity contribution in [3.8, 4) is 0 Å². The Morgan fingerprint density at radius 1 is 1.30 bits per heavy atom. The molecule has 2 heterocycles. The molecule has 0 unspecified atom stereocenters. The monoisotopic (exact) mass is 317 g/mol. The van der Waals surface area contributed by atoms with E-state index >= 15 is 0 Å². The number of rotatable bonds is 3. The number of nitrogens with zero attached hydrogens (tertiary/aromatic N) is 2. The fourth-order valence-corrected chi connectivity index (χ4v) is 5.76. The molecule has 0 bridgehead atoms. The zero-order chi connectivity index (χ0) is 14.2. The summed E-state index contributed by atoms with van der Waals surface area (Å²) in [6.07, 6.45) is 8.09. The number of hydrogen-bond acceptors (Lipinski definition) is 3.